The molecule has 0 unspecified atom stereocenters. The number of carboxylic acid groups (broad SMARTS) is 1. The Morgan fingerprint density at radius 3 is 2.33 bits per heavy atom. The lowest BCUT2D eigenvalue weighted by atomic mass is 10.0. The highest BCUT2D eigenvalue weighted by Crippen LogP contribution is 2.20. The number of carbonyl (C=O) groups is 2. The highest BCUT2D eigenvalue weighted by atomic mass is 16.5. The molecule has 0 bridgehead atoms. The third kappa shape index (κ3) is 5.70. The molecule has 0 aromatic heterocycles. The number of ether oxygens (including phenoxy) is 1. The van der Waals surface area contributed by atoms with Gasteiger partial charge in [-0.2, -0.15) is 0 Å². The Balaban J connectivity index is 1.66. The molecule has 0 heterocycles. The van der Waals surface area contributed by atoms with E-state index in [2.05, 4.69) is 5.32 Å². The number of hydrogen-bond acceptors (Lipinski definition) is 3. The molecule has 3 aromatic rings. The van der Waals surface area contributed by atoms with E-state index >= 15 is 0 Å². The molecule has 0 radical (unpaired) electrons. The molecule has 0 saturated heterocycles. The number of para-hydroxylation sites is 1. The second kappa shape index (κ2) is 10.3. The molecule has 5 nitrogen and oxygen atoms in total. The first kappa shape index (κ1) is 21.1. The normalized spacial score (nSPS) is 11.5. The van der Waals surface area contributed by atoms with Gasteiger partial charge in [0.25, 0.3) is 5.91 Å². The van der Waals surface area contributed by atoms with Gasteiger partial charge in [0, 0.05) is 12.0 Å². The minimum absolute atomic E-state index is 0.232. The summed E-state index contributed by atoms with van der Waals surface area (Å²) in [5.41, 5.74) is 3.41. The first-order valence-electron chi connectivity index (χ1n) is 9.85. The van der Waals surface area contributed by atoms with Crippen molar-refractivity contribution in [2.24, 2.45) is 0 Å². The first-order valence-corrected chi connectivity index (χ1v) is 9.85. The molecule has 30 heavy (non-hydrogen) atoms. The standard InChI is InChI=1S/C25H25NO4/c1-30-23-13-6-5-11-20(23)15-14-19-10-7-12-21(16-19)24(27)26-22(25(28)29)17-18-8-3-2-4-9-18/h2-13,16,22H,14-15,17H2,1H3,(H,26,27)(H,28,29)/t22-/m0/s1. The van der Waals surface area contributed by atoms with Gasteiger partial charge in [-0.1, -0.05) is 60.7 Å². The van der Waals surface area contributed by atoms with Crippen molar-refractivity contribution in [1.82, 2.24) is 5.32 Å². The number of carbonyl (C=O) groups excluding carboxylic acids is 1. The summed E-state index contributed by atoms with van der Waals surface area (Å²) in [6.07, 6.45) is 1.75. The molecule has 3 aromatic carbocycles. The van der Waals surface area contributed by atoms with Crippen LogP contribution in [-0.4, -0.2) is 30.1 Å². The van der Waals surface area contributed by atoms with E-state index in [4.69, 9.17) is 4.74 Å². The second-order valence-electron chi connectivity index (χ2n) is 7.07. The Morgan fingerprint density at radius 2 is 1.60 bits per heavy atom. The Hall–Kier alpha value is -3.60. The van der Waals surface area contributed by atoms with Crippen LogP contribution in [0.1, 0.15) is 27.0 Å². The highest BCUT2D eigenvalue weighted by Gasteiger charge is 2.21. The molecule has 0 aliphatic carbocycles. The maximum atomic E-state index is 12.7. The van der Waals surface area contributed by atoms with Crippen LogP contribution in [-0.2, 0) is 24.1 Å². The van der Waals surface area contributed by atoms with Gasteiger partial charge in [-0.3, -0.25) is 4.79 Å². The van der Waals surface area contributed by atoms with E-state index in [0.717, 1.165) is 35.3 Å². The van der Waals surface area contributed by atoms with Gasteiger partial charge in [0.2, 0.25) is 0 Å². The summed E-state index contributed by atoms with van der Waals surface area (Å²) in [5, 5.41) is 12.2. The number of carboxylic acids is 1. The lowest BCUT2D eigenvalue weighted by Crippen LogP contribution is -2.42. The van der Waals surface area contributed by atoms with Crippen molar-refractivity contribution >= 4 is 11.9 Å². The van der Waals surface area contributed by atoms with Gasteiger partial charge in [0.05, 0.1) is 7.11 Å². The van der Waals surface area contributed by atoms with Crippen LogP contribution in [0.15, 0.2) is 78.9 Å². The maximum absolute atomic E-state index is 12.7. The quantitative estimate of drug-likeness (QED) is 0.568. The average molecular weight is 403 g/mol. The summed E-state index contributed by atoms with van der Waals surface area (Å²) < 4.78 is 5.39. The van der Waals surface area contributed by atoms with Crippen molar-refractivity contribution in [2.75, 3.05) is 7.11 Å². The molecule has 0 aliphatic heterocycles. The summed E-state index contributed by atoms with van der Waals surface area (Å²) >= 11 is 0. The van der Waals surface area contributed by atoms with E-state index in [1.54, 1.807) is 13.2 Å². The van der Waals surface area contributed by atoms with E-state index in [0.29, 0.717) is 5.56 Å². The molecule has 154 valence electrons. The Labute approximate surface area is 176 Å². The number of methoxy groups -OCH3 is 1. The predicted octanol–water partition coefficient (Wildman–Crippen LogP) is 3.91. The lowest BCUT2D eigenvalue weighted by Gasteiger charge is -2.15. The zero-order valence-electron chi connectivity index (χ0n) is 16.9. The van der Waals surface area contributed by atoms with E-state index in [-0.39, 0.29) is 6.42 Å². The largest absolute Gasteiger partial charge is 0.496 e. The Morgan fingerprint density at radius 1 is 0.900 bits per heavy atom. The molecule has 0 saturated carbocycles. The predicted molar refractivity (Wildman–Crippen MR) is 116 cm³/mol. The van der Waals surface area contributed by atoms with Crippen LogP contribution in [0.4, 0.5) is 0 Å². The summed E-state index contributed by atoms with van der Waals surface area (Å²) in [6, 6.07) is 23.4. The van der Waals surface area contributed by atoms with E-state index < -0.39 is 17.9 Å². The van der Waals surface area contributed by atoms with Crippen LogP contribution >= 0.6 is 0 Å². The van der Waals surface area contributed by atoms with Crippen molar-refractivity contribution in [3.05, 3.63) is 101 Å². The summed E-state index contributed by atoms with van der Waals surface area (Å²) in [7, 11) is 1.65. The monoisotopic (exact) mass is 403 g/mol. The minimum atomic E-state index is -1.06. The molecule has 0 spiro atoms. The number of aliphatic carboxylic acids is 1. The van der Waals surface area contributed by atoms with Gasteiger partial charge in [0.1, 0.15) is 11.8 Å². The van der Waals surface area contributed by atoms with Gasteiger partial charge >= 0.3 is 5.97 Å². The third-order valence-corrected chi connectivity index (χ3v) is 4.95. The van der Waals surface area contributed by atoms with Crippen molar-refractivity contribution in [1.29, 1.82) is 0 Å². The van der Waals surface area contributed by atoms with Gasteiger partial charge in [-0.25, -0.2) is 4.79 Å². The fourth-order valence-electron chi connectivity index (χ4n) is 3.35. The molecular formula is C25H25NO4. The van der Waals surface area contributed by atoms with Gasteiger partial charge < -0.3 is 15.2 Å². The van der Waals surface area contributed by atoms with E-state index in [1.807, 2.05) is 72.8 Å². The molecular weight excluding hydrogens is 378 g/mol. The Kier molecular flexibility index (Phi) is 7.22. The van der Waals surface area contributed by atoms with E-state index in [9.17, 15) is 14.7 Å². The van der Waals surface area contributed by atoms with Crippen LogP contribution in [0.2, 0.25) is 0 Å². The molecule has 1 atom stereocenters. The summed E-state index contributed by atoms with van der Waals surface area (Å²) in [5.74, 6) is -0.603. The fourth-order valence-corrected chi connectivity index (χ4v) is 3.35. The number of benzene rings is 3. The molecule has 1 amide bonds. The maximum Gasteiger partial charge on any atom is 0.326 e. The number of nitrogens with one attached hydrogen (secondary N) is 1. The second-order valence-corrected chi connectivity index (χ2v) is 7.07. The zero-order valence-corrected chi connectivity index (χ0v) is 16.9. The van der Waals surface area contributed by atoms with Crippen LogP contribution in [0.3, 0.4) is 0 Å². The summed E-state index contributed by atoms with van der Waals surface area (Å²) in [4.78, 5) is 24.3. The van der Waals surface area contributed by atoms with Crippen molar-refractivity contribution in [3.8, 4) is 5.75 Å². The molecule has 5 heteroatoms. The number of aryl methyl sites for hydroxylation is 2. The molecule has 0 aliphatic rings. The van der Waals surface area contributed by atoms with Crippen LogP contribution in [0.25, 0.3) is 0 Å². The minimum Gasteiger partial charge on any atom is -0.496 e. The molecule has 2 N–H and O–H groups in total. The van der Waals surface area contributed by atoms with Crippen molar-refractivity contribution in [2.45, 2.75) is 25.3 Å². The topological polar surface area (TPSA) is 75.6 Å². The molecule has 0 fully saturated rings. The lowest BCUT2D eigenvalue weighted by molar-refractivity contribution is -0.139. The zero-order chi connectivity index (χ0) is 21.3. The fraction of sp³-hybridized carbons (Fsp3) is 0.200. The van der Waals surface area contributed by atoms with Crippen molar-refractivity contribution < 1.29 is 19.4 Å². The van der Waals surface area contributed by atoms with Crippen LogP contribution in [0.5, 0.6) is 5.75 Å². The number of rotatable bonds is 9. The van der Waals surface area contributed by atoms with Gasteiger partial charge in [0.15, 0.2) is 0 Å². The van der Waals surface area contributed by atoms with Crippen LogP contribution in [0, 0.1) is 0 Å². The number of amides is 1. The smallest absolute Gasteiger partial charge is 0.326 e. The van der Waals surface area contributed by atoms with Gasteiger partial charge in [-0.05, 0) is 47.7 Å². The highest BCUT2D eigenvalue weighted by molar-refractivity contribution is 5.96. The van der Waals surface area contributed by atoms with Gasteiger partial charge in [-0.15, -0.1) is 0 Å². The average Bonchev–Trinajstić information content (AvgIpc) is 2.78. The van der Waals surface area contributed by atoms with E-state index in [1.165, 1.54) is 0 Å². The van der Waals surface area contributed by atoms with Crippen molar-refractivity contribution in [3.63, 3.8) is 0 Å². The molecule has 3 rings (SSSR count). The van der Waals surface area contributed by atoms with Crippen LogP contribution < -0.4 is 10.1 Å². The first-order chi connectivity index (χ1) is 14.6. The third-order valence-electron chi connectivity index (χ3n) is 4.95. The summed E-state index contributed by atoms with van der Waals surface area (Å²) in [6.45, 7) is 0. The Bertz CT molecular complexity index is 1000. The SMILES string of the molecule is COc1ccccc1CCc1cccc(C(=O)N[C@@H](Cc2ccccc2)C(=O)O)c1. The number of hydrogen-bond donors (Lipinski definition) is 2.